The van der Waals surface area contributed by atoms with Crippen molar-refractivity contribution in [1.82, 2.24) is 4.90 Å². The Bertz CT molecular complexity index is 385. The molecule has 0 spiro atoms. The van der Waals surface area contributed by atoms with Crippen molar-refractivity contribution in [3.63, 3.8) is 0 Å². The van der Waals surface area contributed by atoms with Gasteiger partial charge in [0.05, 0.1) is 22.7 Å². The lowest BCUT2D eigenvalue weighted by Crippen LogP contribution is -2.15. The van der Waals surface area contributed by atoms with Crippen LogP contribution >= 0.6 is 15.9 Å². The maximum atomic E-state index is 8.71. The zero-order chi connectivity index (χ0) is 12.0. The minimum atomic E-state index is 0.632. The second kappa shape index (κ2) is 6.51. The highest BCUT2D eigenvalue weighted by Crippen LogP contribution is 2.25. The molecule has 0 fully saturated rings. The molecule has 1 aromatic rings. The van der Waals surface area contributed by atoms with Crippen molar-refractivity contribution in [2.75, 3.05) is 27.2 Å². The van der Waals surface area contributed by atoms with Gasteiger partial charge in [0.1, 0.15) is 5.75 Å². The second-order valence-corrected chi connectivity index (χ2v) is 4.62. The van der Waals surface area contributed by atoms with E-state index in [1.807, 2.05) is 20.2 Å². The van der Waals surface area contributed by atoms with Crippen LogP contribution in [-0.4, -0.2) is 32.1 Å². The van der Waals surface area contributed by atoms with Crippen LogP contribution in [-0.2, 0) is 0 Å². The Morgan fingerprint density at radius 2 is 2.19 bits per heavy atom. The number of benzene rings is 1. The van der Waals surface area contributed by atoms with Crippen molar-refractivity contribution in [2.24, 2.45) is 0 Å². The smallest absolute Gasteiger partial charge is 0.133 e. The summed E-state index contributed by atoms with van der Waals surface area (Å²) in [5, 5.41) is 8.71. The maximum absolute atomic E-state index is 8.71. The predicted octanol–water partition coefficient (Wildman–Crippen LogP) is 2.65. The Morgan fingerprint density at radius 1 is 1.44 bits per heavy atom. The van der Waals surface area contributed by atoms with Gasteiger partial charge in [-0.1, -0.05) is 0 Å². The summed E-state index contributed by atoms with van der Waals surface area (Å²) in [6, 6.07) is 7.42. The van der Waals surface area contributed by atoms with Crippen molar-refractivity contribution >= 4 is 15.9 Å². The van der Waals surface area contributed by atoms with E-state index in [4.69, 9.17) is 10.00 Å². The van der Waals surface area contributed by atoms with Gasteiger partial charge in [-0.3, -0.25) is 0 Å². The maximum Gasteiger partial charge on any atom is 0.133 e. The molecule has 0 bridgehead atoms. The molecule has 0 unspecified atom stereocenters. The van der Waals surface area contributed by atoms with Crippen molar-refractivity contribution < 1.29 is 4.74 Å². The van der Waals surface area contributed by atoms with Crippen LogP contribution in [0.15, 0.2) is 22.7 Å². The van der Waals surface area contributed by atoms with Crippen LogP contribution in [0.1, 0.15) is 12.0 Å². The quantitative estimate of drug-likeness (QED) is 0.779. The molecule has 16 heavy (non-hydrogen) atoms. The van der Waals surface area contributed by atoms with E-state index in [0.29, 0.717) is 12.2 Å². The first-order valence-electron chi connectivity index (χ1n) is 5.10. The molecule has 0 amide bonds. The van der Waals surface area contributed by atoms with Gasteiger partial charge in [-0.25, -0.2) is 0 Å². The van der Waals surface area contributed by atoms with Gasteiger partial charge in [0.2, 0.25) is 0 Å². The molecule has 86 valence electrons. The van der Waals surface area contributed by atoms with Crippen LogP contribution in [0.25, 0.3) is 0 Å². The van der Waals surface area contributed by atoms with Gasteiger partial charge in [-0.05, 0) is 54.6 Å². The van der Waals surface area contributed by atoms with E-state index in [-0.39, 0.29) is 0 Å². The third kappa shape index (κ3) is 4.21. The Hall–Kier alpha value is -1.05. The zero-order valence-corrected chi connectivity index (χ0v) is 11.1. The molecule has 0 aliphatic rings. The van der Waals surface area contributed by atoms with Gasteiger partial charge < -0.3 is 9.64 Å². The zero-order valence-electron chi connectivity index (χ0n) is 9.53. The van der Waals surface area contributed by atoms with E-state index in [0.717, 1.165) is 23.2 Å². The third-order valence-corrected chi connectivity index (χ3v) is 2.69. The van der Waals surface area contributed by atoms with Gasteiger partial charge >= 0.3 is 0 Å². The second-order valence-electron chi connectivity index (χ2n) is 3.76. The summed E-state index contributed by atoms with van der Waals surface area (Å²) < 4.78 is 6.43. The van der Waals surface area contributed by atoms with E-state index in [9.17, 15) is 0 Å². The number of hydrogen-bond acceptors (Lipinski definition) is 3. The molecule has 0 radical (unpaired) electrons. The third-order valence-electron chi connectivity index (χ3n) is 2.07. The minimum Gasteiger partial charge on any atom is -0.492 e. The van der Waals surface area contributed by atoms with Gasteiger partial charge in [0, 0.05) is 6.54 Å². The Labute approximate surface area is 105 Å². The molecule has 0 saturated heterocycles. The number of nitriles is 1. The number of nitrogens with zero attached hydrogens (tertiary/aromatic N) is 2. The molecule has 0 atom stereocenters. The van der Waals surface area contributed by atoms with E-state index >= 15 is 0 Å². The van der Waals surface area contributed by atoms with Crippen molar-refractivity contribution in [3.8, 4) is 11.8 Å². The van der Waals surface area contributed by atoms with Crippen LogP contribution in [0.4, 0.5) is 0 Å². The van der Waals surface area contributed by atoms with Crippen LogP contribution < -0.4 is 4.74 Å². The first kappa shape index (κ1) is 13.0. The SMILES string of the molecule is CN(C)CCCOc1ccc(C#N)cc1Br. The molecule has 3 nitrogen and oxygen atoms in total. The minimum absolute atomic E-state index is 0.632. The molecule has 0 heterocycles. The molecule has 1 rings (SSSR count). The van der Waals surface area contributed by atoms with Gasteiger partial charge in [-0.2, -0.15) is 5.26 Å². The summed E-state index contributed by atoms with van der Waals surface area (Å²) in [6.45, 7) is 1.69. The Balaban J connectivity index is 2.46. The molecule has 4 heteroatoms. The fourth-order valence-electron chi connectivity index (χ4n) is 1.25. The van der Waals surface area contributed by atoms with Crippen LogP contribution in [0.3, 0.4) is 0 Å². The largest absolute Gasteiger partial charge is 0.492 e. The van der Waals surface area contributed by atoms with Crippen molar-refractivity contribution in [1.29, 1.82) is 5.26 Å². The van der Waals surface area contributed by atoms with Crippen molar-refractivity contribution in [3.05, 3.63) is 28.2 Å². The lowest BCUT2D eigenvalue weighted by molar-refractivity contribution is 0.280. The standard InChI is InChI=1S/C12H15BrN2O/c1-15(2)6-3-7-16-12-5-4-10(9-14)8-11(12)13/h4-5,8H,3,6-7H2,1-2H3. The summed E-state index contributed by atoms with van der Waals surface area (Å²) >= 11 is 3.38. The molecule has 0 N–H and O–H groups in total. The highest BCUT2D eigenvalue weighted by Gasteiger charge is 2.02. The molecule has 0 saturated carbocycles. The average Bonchev–Trinajstić information content (AvgIpc) is 2.25. The van der Waals surface area contributed by atoms with E-state index in [1.54, 1.807) is 12.1 Å². The summed E-state index contributed by atoms with van der Waals surface area (Å²) in [4.78, 5) is 2.12. The number of halogens is 1. The summed E-state index contributed by atoms with van der Waals surface area (Å²) in [5.41, 5.74) is 0.632. The van der Waals surface area contributed by atoms with E-state index < -0.39 is 0 Å². The number of hydrogen-bond donors (Lipinski definition) is 0. The lowest BCUT2D eigenvalue weighted by atomic mass is 10.2. The van der Waals surface area contributed by atoms with Crippen LogP contribution in [0, 0.1) is 11.3 Å². The summed E-state index contributed by atoms with van der Waals surface area (Å²) in [7, 11) is 4.08. The molecule has 0 aliphatic carbocycles. The van der Waals surface area contributed by atoms with Gasteiger partial charge in [0.25, 0.3) is 0 Å². The lowest BCUT2D eigenvalue weighted by Gasteiger charge is -2.11. The first-order chi connectivity index (χ1) is 7.63. The van der Waals surface area contributed by atoms with Crippen LogP contribution in [0.2, 0.25) is 0 Å². The van der Waals surface area contributed by atoms with Crippen LogP contribution in [0.5, 0.6) is 5.75 Å². The van der Waals surface area contributed by atoms with Gasteiger partial charge in [0.15, 0.2) is 0 Å². The number of rotatable bonds is 5. The summed E-state index contributed by atoms with van der Waals surface area (Å²) in [6.07, 6.45) is 0.986. The highest BCUT2D eigenvalue weighted by molar-refractivity contribution is 9.10. The Morgan fingerprint density at radius 3 is 2.75 bits per heavy atom. The monoisotopic (exact) mass is 282 g/mol. The normalized spacial score (nSPS) is 10.2. The van der Waals surface area contributed by atoms with E-state index in [1.165, 1.54) is 0 Å². The highest BCUT2D eigenvalue weighted by atomic mass is 79.9. The van der Waals surface area contributed by atoms with Crippen molar-refractivity contribution in [2.45, 2.75) is 6.42 Å². The fourth-order valence-corrected chi connectivity index (χ4v) is 1.74. The predicted molar refractivity (Wildman–Crippen MR) is 67.5 cm³/mol. The molecular formula is C12H15BrN2O. The van der Waals surface area contributed by atoms with E-state index in [2.05, 4.69) is 26.9 Å². The topological polar surface area (TPSA) is 36.3 Å². The molecule has 0 aliphatic heterocycles. The molecular weight excluding hydrogens is 268 g/mol. The first-order valence-corrected chi connectivity index (χ1v) is 5.90. The molecule has 0 aromatic heterocycles. The number of ether oxygens (including phenoxy) is 1. The van der Waals surface area contributed by atoms with Gasteiger partial charge in [-0.15, -0.1) is 0 Å². The fraction of sp³-hybridized carbons (Fsp3) is 0.417. The molecule has 1 aromatic carbocycles. The summed E-state index contributed by atoms with van der Waals surface area (Å²) in [5.74, 6) is 0.790. The Kier molecular flexibility index (Phi) is 5.30. The average molecular weight is 283 g/mol.